The molecule has 5 nitrogen and oxygen atoms in total. The molecular weight excluding hydrogens is 240 g/mol. The number of hydrogen-bond donors (Lipinski definition) is 3. The monoisotopic (exact) mass is 264 g/mol. The summed E-state index contributed by atoms with van der Waals surface area (Å²) in [6.45, 7) is 3.00. The van der Waals surface area contributed by atoms with Crippen LogP contribution in [-0.2, 0) is 10.0 Å². The van der Waals surface area contributed by atoms with Gasteiger partial charge in [0.1, 0.15) is 0 Å². The molecule has 0 bridgehead atoms. The molecule has 0 aromatic carbocycles. The summed E-state index contributed by atoms with van der Waals surface area (Å²) in [5.74, 6) is 0.126. The fraction of sp³-hybridized carbons (Fsp3) is 1.00. The van der Waals surface area contributed by atoms with E-state index in [1.54, 1.807) is 6.92 Å². The van der Waals surface area contributed by atoms with Gasteiger partial charge in [-0.05, 0) is 32.7 Å². The zero-order chi connectivity index (χ0) is 12.8. The molecule has 0 radical (unpaired) electrons. The van der Waals surface area contributed by atoms with E-state index in [0.29, 0.717) is 6.54 Å². The molecular formula is C11H24N2O3S. The minimum absolute atomic E-state index is 0.108. The molecule has 0 aliphatic heterocycles. The molecule has 1 saturated carbocycles. The van der Waals surface area contributed by atoms with Crippen molar-refractivity contribution in [3.05, 3.63) is 0 Å². The van der Waals surface area contributed by atoms with E-state index in [1.165, 1.54) is 0 Å². The number of hydrogen-bond acceptors (Lipinski definition) is 4. The van der Waals surface area contributed by atoms with Gasteiger partial charge >= 0.3 is 0 Å². The number of nitrogens with one attached hydrogen (secondary N) is 2. The summed E-state index contributed by atoms with van der Waals surface area (Å²) < 4.78 is 24.9. The molecule has 1 aliphatic rings. The van der Waals surface area contributed by atoms with Crippen molar-refractivity contribution in [2.45, 2.75) is 44.6 Å². The van der Waals surface area contributed by atoms with Crippen LogP contribution >= 0.6 is 0 Å². The third-order valence-electron chi connectivity index (χ3n) is 3.42. The number of sulfonamides is 1. The highest BCUT2D eigenvalue weighted by molar-refractivity contribution is 7.89. The Morgan fingerprint density at radius 2 is 1.88 bits per heavy atom. The van der Waals surface area contributed by atoms with Gasteiger partial charge in [-0.2, -0.15) is 0 Å². The maximum atomic E-state index is 11.2. The lowest BCUT2D eigenvalue weighted by Gasteiger charge is -2.28. The zero-order valence-electron chi connectivity index (χ0n) is 10.5. The van der Waals surface area contributed by atoms with Crippen LogP contribution in [0.15, 0.2) is 0 Å². The van der Waals surface area contributed by atoms with Crippen LogP contribution in [0.4, 0.5) is 0 Å². The average Bonchev–Trinajstić information content (AvgIpc) is 2.78. The van der Waals surface area contributed by atoms with Crippen molar-refractivity contribution in [1.82, 2.24) is 10.0 Å². The Kier molecular flexibility index (Phi) is 5.85. The Morgan fingerprint density at radius 1 is 1.24 bits per heavy atom. The van der Waals surface area contributed by atoms with Crippen LogP contribution in [0.25, 0.3) is 0 Å². The van der Waals surface area contributed by atoms with Crippen LogP contribution < -0.4 is 10.0 Å². The van der Waals surface area contributed by atoms with Crippen LogP contribution in [0.3, 0.4) is 0 Å². The highest BCUT2D eigenvalue weighted by Gasteiger charge is 2.31. The van der Waals surface area contributed by atoms with Crippen molar-refractivity contribution < 1.29 is 13.5 Å². The fourth-order valence-electron chi connectivity index (χ4n) is 2.21. The van der Waals surface area contributed by atoms with Crippen LogP contribution in [0.5, 0.6) is 0 Å². The third kappa shape index (κ3) is 4.91. The Bertz CT molecular complexity index is 311. The topological polar surface area (TPSA) is 78.4 Å². The fourth-order valence-corrected chi connectivity index (χ4v) is 2.87. The van der Waals surface area contributed by atoms with Crippen molar-refractivity contribution >= 4 is 10.0 Å². The highest BCUT2D eigenvalue weighted by atomic mass is 32.2. The first-order valence-electron chi connectivity index (χ1n) is 6.37. The van der Waals surface area contributed by atoms with Gasteiger partial charge in [-0.15, -0.1) is 0 Å². The van der Waals surface area contributed by atoms with Crippen molar-refractivity contribution in [1.29, 1.82) is 0 Å². The second-order valence-corrected chi connectivity index (χ2v) is 6.82. The molecule has 1 fully saturated rings. The molecule has 0 heterocycles. The van der Waals surface area contributed by atoms with Gasteiger partial charge in [0.25, 0.3) is 0 Å². The van der Waals surface area contributed by atoms with E-state index >= 15 is 0 Å². The quantitative estimate of drug-likeness (QED) is 0.548. The number of aliphatic hydroxyl groups is 1. The molecule has 0 atom stereocenters. The van der Waals surface area contributed by atoms with E-state index in [0.717, 1.165) is 38.6 Å². The van der Waals surface area contributed by atoms with Gasteiger partial charge in [0.15, 0.2) is 0 Å². The highest BCUT2D eigenvalue weighted by Crippen LogP contribution is 2.28. The SMILES string of the molecule is CCS(=O)(=O)NCCCNC1(CO)CCCC1. The summed E-state index contributed by atoms with van der Waals surface area (Å²) in [6.07, 6.45) is 5.11. The van der Waals surface area contributed by atoms with Crippen LogP contribution in [-0.4, -0.2) is 44.5 Å². The van der Waals surface area contributed by atoms with E-state index in [1.807, 2.05) is 0 Å². The van der Waals surface area contributed by atoms with E-state index in [9.17, 15) is 13.5 Å². The van der Waals surface area contributed by atoms with Crippen molar-refractivity contribution in [3.63, 3.8) is 0 Å². The molecule has 6 heteroatoms. The van der Waals surface area contributed by atoms with E-state index < -0.39 is 10.0 Å². The standard InChI is InChI=1S/C11H24N2O3S/c1-2-17(15,16)13-9-5-8-12-11(10-14)6-3-4-7-11/h12-14H,2-10H2,1H3. The molecule has 0 aromatic heterocycles. The molecule has 17 heavy (non-hydrogen) atoms. The summed E-state index contributed by atoms with van der Waals surface area (Å²) >= 11 is 0. The van der Waals surface area contributed by atoms with E-state index in [-0.39, 0.29) is 17.9 Å². The molecule has 3 N–H and O–H groups in total. The number of aliphatic hydroxyl groups excluding tert-OH is 1. The van der Waals surface area contributed by atoms with Gasteiger partial charge in [0.05, 0.1) is 12.4 Å². The van der Waals surface area contributed by atoms with Gasteiger partial charge < -0.3 is 10.4 Å². The number of rotatable bonds is 8. The van der Waals surface area contributed by atoms with E-state index in [2.05, 4.69) is 10.0 Å². The molecule has 0 amide bonds. The van der Waals surface area contributed by atoms with Crippen molar-refractivity contribution in [2.75, 3.05) is 25.4 Å². The maximum absolute atomic E-state index is 11.2. The molecule has 0 saturated heterocycles. The molecule has 0 aromatic rings. The first kappa shape index (κ1) is 14.9. The summed E-state index contributed by atoms with van der Waals surface area (Å²) in [7, 11) is -3.07. The normalized spacial score (nSPS) is 19.6. The Labute approximate surface area is 104 Å². The Hall–Kier alpha value is -0.170. The first-order chi connectivity index (χ1) is 8.04. The second kappa shape index (κ2) is 6.68. The predicted molar refractivity (Wildman–Crippen MR) is 68.4 cm³/mol. The van der Waals surface area contributed by atoms with Crippen LogP contribution in [0.2, 0.25) is 0 Å². The molecule has 1 aliphatic carbocycles. The minimum atomic E-state index is -3.07. The molecule has 0 unspecified atom stereocenters. The first-order valence-corrected chi connectivity index (χ1v) is 8.02. The Morgan fingerprint density at radius 3 is 2.41 bits per heavy atom. The summed E-state index contributed by atoms with van der Waals surface area (Å²) in [6, 6.07) is 0. The van der Waals surface area contributed by atoms with Crippen molar-refractivity contribution in [2.24, 2.45) is 0 Å². The smallest absolute Gasteiger partial charge is 0.211 e. The molecule has 1 rings (SSSR count). The van der Waals surface area contributed by atoms with Gasteiger partial charge in [-0.25, -0.2) is 13.1 Å². The lowest BCUT2D eigenvalue weighted by molar-refractivity contribution is 0.164. The summed E-state index contributed by atoms with van der Waals surface area (Å²) in [5.41, 5.74) is -0.108. The summed E-state index contributed by atoms with van der Waals surface area (Å²) in [5, 5.41) is 12.7. The van der Waals surface area contributed by atoms with E-state index in [4.69, 9.17) is 0 Å². The van der Waals surface area contributed by atoms with Crippen LogP contribution in [0.1, 0.15) is 39.0 Å². The van der Waals surface area contributed by atoms with Crippen LogP contribution in [0, 0.1) is 0 Å². The van der Waals surface area contributed by atoms with Gasteiger partial charge in [-0.3, -0.25) is 0 Å². The van der Waals surface area contributed by atoms with Crippen molar-refractivity contribution in [3.8, 4) is 0 Å². The van der Waals surface area contributed by atoms with Gasteiger partial charge in [0, 0.05) is 12.1 Å². The second-order valence-electron chi connectivity index (χ2n) is 4.72. The third-order valence-corrected chi connectivity index (χ3v) is 4.82. The predicted octanol–water partition coefficient (Wildman–Crippen LogP) is 0.210. The lowest BCUT2D eigenvalue weighted by atomic mass is 9.99. The maximum Gasteiger partial charge on any atom is 0.211 e. The minimum Gasteiger partial charge on any atom is -0.394 e. The van der Waals surface area contributed by atoms with Gasteiger partial charge in [-0.1, -0.05) is 12.8 Å². The largest absolute Gasteiger partial charge is 0.394 e. The Balaban J connectivity index is 2.15. The zero-order valence-corrected chi connectivity index (χ0v) is 11.4. The molecule has 102 valence electrons. The average molecular weight is 264 g/mol. The summed E-state index contributed by atoms with van der Waals surface area (Å²) in [4.78, 5) is 0. The lowest BCUT2D eigenvalue weighted by Crippen LogP contribution is -2.47. The van der Waals surface area contributed by atoms with Gasteiger partial charge in [0.2, 0.25) is 10.0 Å². The molecule has 0 spiro atoms.